The number of hydrogen-bond acceptors (Lipinski definition) is 21. The van der Waals surface area contributed by atoms with Crippen LogP contribution in [0.2, 0.25) is 0 Å². The third-order valence-electron chi connectivity index (χ3n) is 0. The summed E-state index contributed by atoms with van der Waals surface area (Å²) in [6, 6.07) is 0. The van der Waals surface area contributed by atoms with Crippen molar-refractivity contribution in [3.05, 3.63) is 0 Å². The topological polar surface area (TPSA) is 642 Å². The molecule has 0 saturated carbocycles. The minimum Gasteiger partial charge on any atom is -2.00 e. The molecule has 0 spiro atoms. The van der Waals surface area contributed by atoms with E-state index in [-0.39, 0.29) is 454 Å². The van der Waals surface area contributed by atoms with E-state index in [1.165, 1.54) is 0 Å². The van der Waals surface area contributed by atoms with Crippen molar-refractivity contribution in [3.8, 4) is 0 Å². The molecule has 0 aliphatic carbocycles. The van der Waals surface area contributed by atoms with Gasteiger partial charge >= 0.3 is 416 Å². The van der Waals surface area contributed by atoms with E-state index in [1.807, 2.05) is 0 Å². The molecule has 0 rings (SSSR count). The Morgan fingerprint density at radius 3 is 0.213 bits per heavy atom. The average molecular weight is 1460 g/mol. The quantitative estimate of drug-likeness (QED) is 0.203. The van der Waals surface area contributed by atoms with E-state index in [9.17, 15) is 0 Å². The molecule has 47 heavy (non-hydrogen) atoms. The summed E-state index contributed by atoms with van der Waals surface area (Å²) in [6.45, 7) is 0. The van der Waals surface area contributed by atoms with E-state index in [0.717, 1.165) is 0 Å². The summed E-state index contributed by atoms with van der Waals surface area (Å²) in [4.78, 5) is 119. The Bertz CT molecular complexity index is 362. The fourth-order valence-electron chi connectivity index (χ4n) is 0. The zero-order valence-corrected chi connectivity index (χ0v) is 61.1. The zero-order valence-electron chi connectivity index (χ0n) is 22.9. The minimum absolute atomic E-state index is 0. The van der Waals surface area contributed by atoms with E-state index in [1.54, 1.807) is 0 Å². The van der Waals surface area contributed by atoms with E-state index in [4.69, 9.17) is 98.4 Å². The predicted molar refractivity (Wildman–Crippen MR) is 119 cm³/mol. The first-order valence-corrected chi connectivity index (χ1v) is 12.9. The molecule has 47 heteroatoms. The maximum Gasteiger partial charge on any atom is 3.00 e. The summed E-state index contributed by atoms with van der Waals surface area (Å²) in [5, 5.41) is 0. The molecule has 0 N–H and O–H groups in total. The van der Waals surface area contributed by atoms with Crippen molar-refractivity contribution in [1.29, 1.82) is 0 Å². The fraction of sp³-hybridized carbons (Fsp3) is 0. The van der Waals surface area contributed by atoms with Gasteiger partial charge in [0.15, 0.2) is 0 Å². The molecule has 0 aromatic carbocycles. The van der Waals surface area contributed by atoms with Gasteiger partial charge in [-0.05, 0) is 0 Å². The van der Waals surface area contributed by atoms with Gasteiger partial charge in [0.25, 0.3) is 0 Å². The SMILES string of the molecule is O=[Si]([O-])[O-].O=[Si]([O-])[O-].O=[Si]([O-])[O-].O=[Si]([O-])[O-].O=[Si]([O-])[O-].O=[Si]([O-])[O-].O=[Si]([O-])[O-].[Al+3].[Al+3].[Al+3].[Al+3].[Ba+2].[Ba+2].[Ba+2].[Ba+2].[Ca+2].[Ca+2].[Ca+2].[Ca+2].[O-2].[O-2].[O-2].[O-2].[O-2].[O-2].[O-2]. The molecular formula is Al4Ba4Ca4O28Si7. The fourth-order valence-corrected chi connectivity index (χ4v) is 0. The standard InChI is InChI=1S/4Al.4Ba.4Ca.7O3Si.7O/c;;;;;;;;;;;;7*1-4(2)3;;;;;;;/q4*+3;8*+2;14*-2. The van der Waals surface area contributed by atoms with Gasteiger partial charge in [-0.2, -0.15) is 0 Å². The first-order chi connectivity index (χ1) is 12.1. The van der Waals surface area contributed by atoms with Crippen LogP contribution >= 0.6 is 0 Å². The summed E-state index contributed by atoms with van der Waals surface area (Å²) in [5.41, 5.74) is 0. The predicted octanol–water partition coefficient (Wildman–Crippen LogP) is -25.5. The molecule has 0 aliphatic heterocycles. The van der Waals surface area contributed by atoms with Crippen LogP contribution in [0.25, 0.3) is 0 Å². The van der Waals surface area contributed by atoms with Crippen LogP contribution in [0, 0.1) is 0 Å². The Morgan fingerprint density at radius 2 is 0.213 bits per heavy atom. The molecule has 0 unspecified atom stereocenters. The van der Waals surface area contributed by atoms with Crippen LogP contribution in [0.15, 0.2) is 0 Å². The Kier molecular flexibility index (Phi) is 690. The molecule has 224 valence electrons. The van der Waals surface area contributed by atoms with Crippen LogP contribution < -0.4 is 67.1 Å². The number of rotatable bonds is 0. The Morgan fingerprint density at radius 1 is 0.213 bits per heavy atom. The molecule has 0 saturated heterocycles. The molecule has 0 fully saturated rings. The van der Waals surface area contributed by atoms with Gasteiger partial charge in [0.05, 0.1) is 0 Å². The molecule has 0 aliphatic rings. The van der Waals surface area contributed by atoms with E-state index < -0.39 is 64.2 Å². The van der Waals surface area contributed by atoms with Gasteiger partial charge in [0.2, 0.25) is 0 Å². The molecule has 0 aromatic rings. The normalized spacial score (nSPS) is 3.57. The van der Waals surface area contributed by atoms with Crippen molar-refractivity contribution in [3.63, 3.8) is 0 Å². The van der Waals surface area contributed by atoms with Gasteiger partial charge in [-0.15, -0.1) is 0 Å². The Balaban J connectivity index is -0.00000000427. The number of hydrogen-bond donors (Lipinski definition) is 0. The Hall–Kier alpha value is 10.5. The molecule has 0 radical (unpaired) electrons. The van der Waals surface area contributed by atoms with Crippen LogP contribution in [0.4, 0.5) is 0 Å². The van der Waals surface area contributed by atoms with Gasteiger partial charge in [-0.1, -0.05) is 0 Å². The third kappa shape index (κ3) is 1520. The van der Waals surface area contributed by atoms with Gasteiger partial charge in [-0.25, -0.2) is 0 Å². The zero-order chi connectivity index (χ0) is 25.0. The van der Waals surface area contributed by atoms with E-state index in [2.05, 4.69) is 0 Å². The van der Waals surface area contributed by atoms with Gasteiger partial charge in [0, 0.05) is 64.2 Å². The first-order valence-electron chi connectivity index (χ1n) is 4.29. The van der Waals surface area contributed by atoms with Crippen LogP contribution in [0.3, 0.4) is 0 Å². The third-order valence-corrected chi connectivity index (χ3v) is 0. The molecule has 28 nitrogen and oxygen atoms in total. The van der Waals surface area contributed by atoms with Crippen molar-refractivity contribution < 1.29 is 137 Å². The Labute approximate surface area is 599 Å². The summed E-state index contributed by atoms with van der Waals surface area (Å²) in [7, 11) is -25.4. The minimum atomic E-state index is -3.63. The summed E-state index contributed by atoms with van der Waals surface area (Å²) in [6.07, 6.45) is 0. The smallest absolute Gasteiger partial charge is 2.00 e. The summed E-state index contributed by atoms with van der Waals surface area (Å²) >= 11 is 0. The molecular weight excluding hydrogens is 1460 g/mol. The van der Waals surface area contributed by atoms with Crippen LogP contribution in [0.5, 0.6) is 0 Å². The van der Waals surface area contributed by atoms with Crippen LogP contribution in [0.1, 0.15) is 0 Å². The van der Waals surface area contributed by atoms with Crippen molar-refractivity contribution in [2.45, 2.75) is 0 Å². The monoisotopic (exact) mass is 1460 g/mol. The second kappa shape index (κ2) is 175. The van der Waals surface area contributed by atoms with E-state index >= 15 is 0 Å². The first kappa shape index (κ1) is 185. The maximum absolute atomic E-state index is 8.52. The molecule has 0 aromatic heterocycles. The molecule has 0 atom stereocenters. The van der Waals surface area contributed by atoms with Crippen molar-refractivity contribution in [2.24, 2.45) is 0 Å². The van der Waals surface area contributed by atoms with Crippen LogP contribution in [-0.4, -0.2) is 480 Å². The van der Waals surface area contributed by atoms with E-state index in [0.29, 0.717) is 0 Å². The summed E-state index contributed by atoms with van der Waals surface area (Å²) in [5.74, 6) is 0. The second-order valence-corrected chi connectivity index (χ2v) is 5.25. The molecule has 0 amide bonds. The summed E-state index contributed by atoms with van der Waals surface area (Å²) < 4.78 is 59.6. The molecule has 0 heterocycles. The van der Waals surface area contributed by atoms with Crippen molar-refractivity contribution in [1.82, 2.24) is 0 Å². The van der Waals surface area contributed by atoms with Gasteiger partial charge in [-0.3, -0.25) is 0 Å². The second-order valence-electron chi connectivity index (χ2n) is 1.75. The van der Waals surface area contributed by atoms with Crippen molar-refractivity contribution in [2.75, 3.05) is 0 Å². The average Bonchev–Trinajstić information content (AvgIpc) is 2.20. The maximum atomic E-state index is 8.52. The van der Waals surface area contributed by atoms with Crippen LogP contribution in [-0.2, 0) is 69.6 Å². The molecule has 0 bridgehead atoms. The van der Waals surface area contributed by atoms with Gasteiger partial charge < -0.3 is 137 Å². The van der Waals surface area contributed by atoms with Crippen molar-refractivity contribution >= 4 is 480 Å². The van der Waals surface area contributed by atoms with Gasteiger partial charge in [0.1, 0.15) is 0 Å². The largest absolute Gasteiger partial charge is 3.00 e.